The number of nitrogens with two attached hydrogens (primary N) is 1. The van der Waals surface area contributed by atoms with Crippen LogP contribution in [0.15, 0.2) is 0 Å². The standard InChI is InChI=1S/C11H26N2/c1-11(2,3)10(12)8-6-7-9-13(4)5/h10H,6-9,12H2,1-5H3. The summed E-state index contributed by atoms with van der Waals surface area (Å²) < 4.78 is 0. The normalized spacial score (nSPS) is 15.0. The van der Waals surface area contributed by atoms with Gasteiger partial charge in [0.25, 0.3) is 0 Å². The number of rotatable bonds is 5. The highest BCUT2D eigenvalue weighted by Gasteiger charge is 2.19. The molecule has 0 saturated heterocycles. The highest BCUT2D eigenvalue weighted by atomic mass is 15.0. The van der Waals surface area contributed by atoms with Crippen LogP contribution in [0.25, 0.3) is 0 Å². The van der Waals surface area contributed by atoms with Crippen molar-refractivity contribution in [3.8, 4) is 0 Å². The molecule has 0 aliphatic heterocycles. The summed E-state index contributed by atoms with van der Waals surface area (Å²) in [7, 11) is 4.23. The molecule has 1 atom stereocenters. The second-order valence-electron chi connectivity index (χ2n) is 5.27. The average molecular weight is 186 g/mol. The molecule has 0 radical (unpaired) electrons. The molecular formula is C11H26N2. The Bertz CT molecular complexity index is 125. The molecule has 80 valence electrons. The number of nitrogens with zero attached hydrogens (tertiary/aromatic N) is 1. The van der Waals surface area contributed by atoms with Gasteiger partial charge in [-0.2, -0.15) is 0 Å². The first-order valence-corrected chi connectivity index (χ1v) is 5.24. The molecule has 0 aliphatic carbocycles. The van der Waals surface area contributed by atoms with Gasteiger partial charge in [-0.1, -0.05) is 27.2 Å². The van der Waals surface area contributed by atoms with Crippen LogP contribution in [0.1, 0.15) is 40.0 Å². The maximum absolute atomic E-state index is 6.05. The van der Waals surface area contributed by atoms with Crippen LogP contribution in [-0.2, 0) is 0 Å². The number of unbranched alkanes of at least 4 members (excludes halogenated alkanes) is 1. The summed E-state index contributed by atoms with van der Waals surface area (Å²) in [6.07, 6.45) is 3.66. The molecule has 0 aromatic heterocycles. The largest absolute Gasteiger partial charge is 0.327 e. The van der Waals surface area contributed by atoms with Gasteiger partial charge in [0.1, 0.15) is 0 Å². The summed E-state index contributed by atoms with van der Waals surface area (Å²) in [4.78, 5) is 2.22. The molecule has 0 amide bonds. The van der Waals surface area contributed by atoms with Crippen molar-refractivity contribution in [3.63, 3.8) is 0 Å². The molecule has 2 nitrogen and oxygen atoms in total. The van der Waals surface area contributed by atoms with Gasteiger partial charge in [-0.25, -0.2) is 0 Å². The van der Waals surface area contributed by atoms with Crippen molar-refractivity contribution in [1.82, 2.24) is 4.90 Å². The minimum absolute atomic E-state index is 0.262. The van der Waals surface area contributed by atoms with Gasteiger partial charge in [0.2, 0.25) is 0 Å². The van der Waals surface area contributed by atoms with E-state index < -0.39 is 0 Å². The summed E-state index contributed by atoms with van der Waals surface area (Å²) in [5.74, 6) is 0. The molecule has 0 bridgehead atoms. The highest BCUT2D eigenvalue weighted by Crippen LogP contribution is 2.21. The second-order valence-corrected chi connectivity index (χ2v) is 5.27. The van der Waals surface area contributed by atoms with E-state index in [-0.39, 0.29) is 5.41 Å². The number of hydrogen-bond acceptors (Lipinski definition) is 2. The van der Waals surface area contributed by atoms with Crippen LogP contribution < -0.4 is 5.73 Å². The van der Waals surface area contributed by atoms with E-state index in [1.807, 2.05) is 0 Å². The molecule has 2 N–H and O–H groups in total. The molecule has 13 heavy (non-hydrogen) atoms. The zero-order valence-electron chi connectivity index (χ0n) is 9.93. The van der Waals surface area contributed by atoms with Crippen molar-refractivity contribution >= 4 is 0 Å². The molecule has 0 aromatic rings. The highest BCUT2D eigenvalue weighted by molar-refractivity contribution is 4.76. The lowest BCUT2D eigenvalue weighted by Gasteiger charge is -2.27. The van der Waals surface area contributed by atoms with Crippen molar-refractivity contribution in [2.24, 2.45) is 11.1 Å². The van der Waals surface area contributed by atoms with Gasteiger partial charge in [0.15, 0.2) is 0 Å². The Hall–Kier alpha value is -0.0800. The average Bonchev–Trinajstić information content (AvgIpc) is 1.95. The lowest BCUT2D eigenvalue weighted by Crippen LogP contribution is -2.34. The molecule has 0 fully saturated rings. The Morgan fingerprint density at radius 3 is 2.08 bits per heavy atom. The van der Waals surface area contributed by atoms with E-state index >= 15 is 0 Å². The van der Waals surface area contributed by atoms with Crippen molar-refractivity contribution in [2.75, 3.05) is 20.6 Å². The van der Waals surface area contributed by atoms with E-state index in [0.29, 0.717) is 6.04 Å². The van der Waals surface area contributed by atoms with E-state index in [0.717, 1.165) is 6.42 Å². The minimum Gasteiger partial charge on any atom is -0.327 e. The van der Waals surface area contributed by atoms with E-state index in [1.165, 1.54) is 19.4 Å². The summed E-state index contributed by atoms with van der Waals surface area (Å²) >= 11 is 0. The van der Waals surface area contributed by atoms with Crippen LogP contribution in [0, 0.1) is 5.41 Å². The maximum Gasteiger partial charge on any atom is 0.00876 e. The Balaban J connectivity index is 3.43. The second kappa shape index (κ2) is 5.61. The Morgan fingerprint density at radius 2 is 1.69 bits per heavy atom. The van der Waals surface area contributed by atoms with Crippen LogP contribution in [0.5, 0.6) is 0 Å². The van der Waals surface area contributed by atoms with Crippen LogP contribution in [0.4, 0.5) is 0 Å². The maximum atomic E-state index is 6.05. The monoisotopic (exact) mass is 186 g/mol. The lowest BCUT2D eigenvalue weighted by atomic mass is 9.84. The molecule has 0 saturated carbocycles. The van der Waals surface area contributed by atoms with Crippen molar-refractivity contribution < 1.29 is 0 Å². The molecular weight excluding hydrogens is 160 g/mol. The van der Waals surface area contributed by atoms with Crippen LogP contribution in [0.3, 0.4) is 0 Å². The lowest BCUT2D eigenvalue weighted by molar-refractivity contribution is 0.293. The topological polar surface area (TPSA) is 29.3 Å². The van der Waals surface area contributed by atoms with E-state index in [2.05, 4.69) is 39.8 Å². The quantitative estimate of drug-likeness (QED) is 0.666. The summed E-state index contributed by atoms with van der Waals surface area (Å²) in [5.41, 5.74) is 6.32. The van der Waals surface area contributed by atoms with Gasteiger partial charge in [-0.05, 0) is 38.9 Å². The fourth-order valence-electron chi connectivity index (χ4n) is 1.23. The van der Waals surface area contributed by atoms with Crippen molar-refractivity contribution in [1.29, 1.82) is 0 Å². The minimum atomic E-state index is 0.262. The van der Waals surface area contributed by atoms with Crippen LogP contribution >= 0.6 is 0 Å². The predicted molar refractivity (Wildman–Crippen MR) is 59.8 cm³/mol. The Labute approximate surface area is 83.5 Å². The third kappa shape index (κ3) is 7.03. The first kappa shape index (κ1) is 12.9. The SMILES string of the molecule is CN(C)CCCCC(N)C(C)(C)C. The molecule has 2 heteroatoms. The third-order valence-electron chi connectivity index (χ3n) is 2.48. The van der Waals surface area contributed by atoms with Gasteiger partial charge in [0.05, 0.1) is 0 Å². The Morgan fingerprint density at radius 1 is 1.15 bits per heavy atom. The first-order chi connectivity index (χ1) is 5.84. The van der Waals surface area contributed by atoms with Gasteiger partial charge < -0.3 is 10.6 Å². The van der Waals surface area contributed by atoms with Gasteiger partial charge >= 0.3 is 0 Å². The number of hydrogen-bond donors (Lipinski definition) is 1. The molecule has 1 unspecified atom stereocenters. The molecule has 0 aromatic carbocycles. The van der Waals surface area contributed by atoms with Crippen molar-refractivity contribution in [3.05, 3.63) is 0 Å². The van der Waals surface area contributed by atoms with Crippen molar-refractivity contribution in [2.45, 2.75) is 46.1 Å². The fraction of sp³-hybridized carbons (Fsp3) is 1.00. The van der Waals surface area contributed by atoms with E-state index in [1.54, 1.807) is 0 Å². The van der Waals surface area contributed by atoms with Gasteiger partial charge in [-0.15, -0.1) is 0 Å². The molecule has 0 heterocycles. The molecule has 0 spiro atoms. The summed E-state index contributed by atoms with van der Waals surface area (Å²) in [5, 5.41) is 0. The van der Waals surface area contributed by atoms with Crippen LogP contribution in [-0.4, -0.2) is 31.6 Å². The Kier molecular flexibility index (Phi) is 5.57. The summed E-state index contributed by atoms with van der Waals surface area (Å²) in [6, 6.07) is 0.342. The van der Waals surface area contributed by atoms with Crippen LogP contribution in [0.2, 0.25) is 0 Å². The zero-order chi connectivity index (χ0) is 10.5. The summed E-state index contributed by atoms with van der Waals surface area (Å²) in [6.45, 7) is 7.81. The first-order valence-electron chi connectivity index (χ1n) is 5.24. The smallest absolute Gasteiger partial charge is 0.00876 e. The van der Waals surface area contributed by atoms with Gasteiger partial charge in [0, 0.05) is 6.04 Å². The third-order valence-corrected chi connectivity index (χ3v) is 2.48. The zero-order valence-corrected chi connectivity index (χ0v) is 9.93. The van der Waals surface area contributed by atoms with E-state index in [4.69, 9.17) is 5.73 Å². The predicted octanol–water partition coefficient (Wildman–Crippen LogP) is 2.09. The fourth-order valence-corrected chi connectivity index (χ4v) is 1.23. The van der Waals surface area contributed by atoms with Gasteiger partial charge in [-0.3, -0.25) is 0 Å². The van der Waals surface area contributed by atoms with E-state index in [9.17, 15) is 0 Å². The molecule has 0 aliphatic rings. The molecule has 0 rings (SSSR count).